The number of aromatic amines is 1. The number of hydrogen-bond acceptors (Lipinski definition) is 6. The van der Waals surface area contributed by atoms with Crippen LogP contribution in [-0.2, 0) is 16.0 Å². The van der Waals surface area contributed by atoms with Crippen LogP contribution >= 0.6 is 11.6 Å². The molecule has 11 heteroatoms. The van der Waals surface area contributed by atoms with Gasteiger partial charge in [-0.2, -0.15) is 0 Å². The molecular weight excluding hydrogens is 501 g/mol. The van der Waals surface area contributed by atoms with Gasteiger partial charge in [-0.15, -0.1) is 5.10 Å². The Morgan fingerprint density at radius 2 is 2.08 bits per heavy atom. The number of carbonyl (C=O) groups excluding carboxylic acids is 1. The number of aromatic nitrogens is 3. The Labute approximate surface area is 219 Å². The van der Waals surface area contributed by atoms with Crippen LogP contribution in [0.4, 0.5) is 4.39 Å². The summed E-state index contributed by atoms with van der Waals surface area (Å²) < 4.78 is 19.5. The average Bonchev–Trinajstić information content (AvgIpc) is 3.41. The molecule has 0 spiro atoms. The van der Waals surface area contributed by atoms with E-state index in [2.05, 4.69) is 25.6 Å². The van der Waals surface area contributed by atoms with Crippen molar-refractivity contribution in [1.29, 1.82) is 0 Å². The molecule has 1 fully saturated rings. The monoisotopic (exact) mass is 529 g/mol. The Hall–Kier alpha value is -3.34. The maximum atomic E-state index is 14.3. The highest BCUT2D eigenvalue weighted by atomic mass is 35.5. The van der Waals surface area contributed by atoms with Gasteiger partial charge in [0.15, 0.2) is 0 Å². The van der Waals surface area contributed by atoms with Gasteiger partial charge in [0, 0.05) is 42.9 Å². The molecule has 1 aromatic heterocycles. The van der Waals surface area contributed by atoms with Crippen molar-refractivity contribution in [3.8, 4) is 11.1 Å². The van der Waals surface area contributed by atoms with Crippen LogP contribution in [-0.4, -0.2) is 76.2 Å². The van der Waals surface area contributed by atoms with Crippen LogP contribution in [0.15, 0.2) is 48.7 Å². The smallest absolute Gasteiger partial charge is 0.307 e. The third kappa shape index (κ3) is 6.91. The summed E-state index contributed by atoms with van der Waals surface area (Å²) >= 11 is 6.03. The van der Waals surface area contributed by atoms with Crippen LogP contribution in [0, 0.1) is 11.7 Å². The minimum Gasteiger partial charge on any atom is -0.481 e. The first-order valence-electron chi connectivity index (χ1n) is 12.0. The van der Waals surface area contributed by atoms with E-state index >= 15 is 0 Å². The molecule has 0 unspecified atom stereocenters. The zero-order valence-electron chi connectivity index (χ0n) is 20.4. The molecule has 1 saturated heterocycles. The van der Waals surface area contributed by atoms with E-state index in [4.69, 9.17) is 16.3 Å². The zero-order valence-corrected chi connectivity index (χ0v) is 21.1. The second kappa shape index (κ2) is 12.3. The third-order valence-corrected chi connectivity index (χ3v) is 6.90. The number of carboxylic acids is 1. The quantitative estimate of drug-likeness (QED) is 0.329. The molecule has 9 nitrogen and oxygen atoms in total. The number of H-pyrrole nitrogens is 1. The van der Waals surface area contributed by atoms with E-state index in [1.54, 1.807) is 25.3 Å². The minimum absolute atomic E-state index is 0.187. The van der Waals surface area contributed by atoms with E-state index in [-0.39, 0.29) is 24.0 Å². The molecule has 0 radical (unpaired) electrons. The van der Waals surface area contributed by atoms with Gasteiger partial charge < -0.3 is 15.2 Å². The van der Waals surface area contributed by atoms with Crippen LogP contribution < -0.4 is 5.32 Å². The number of nitrogens with zero attached hydrogens (tertiary/aromatic N) is 3. The highest BCUT2D eigenvalue weighted by Gasteiger charge is 2.33. The first-order chi connectivity index (χ1) is 17.8. The molecular formula is C26H29ClFN5O4. The second-order valence-corrected chi connectivity index (χ2v) is 9.67. The summed E-state index contributed by atoms with van der Waals surface area (Å²) in [6, 6.07) is 11.4. The molecule has 1 aliphatic rings. The van der Waals surface area contributed by atoms with Crippen molar-refractivity contribution in [2.24, 2.45) is 5.92 Å². The number of hydrogen-bond donors (Lipinski definition) is 3. The van der Waals surface area contributed by atoms with Crippen molar-refractivity contribution in [1.82, 2.24) is 25.6 Å². The molecule has 2 heterocycles. The molecule has 3 atom stereocenters. The summed E-state index contributed by atoms with van der Waals surface area (Å²) in [5.74, 6) is -2.41. The van der Waals surface area contributed by atoms with Gasteiger partial charge in [0.25, 0.3) is 5.91 Å². The van der Waals surface area contributed by atoms with Gasteiger partial charge in [-0.1, -0.05) is 41.1 Å². The molecule has 0 saturated carbocycles. The van der Waals surface area contributed by atoms with E-state index in [9.17, 15) is 19.1 Å². The molecule has 1 aliphatic heterocycles. The predicted octanol–water partition coefficient (Wildman–Crippen LogP) is 3.42. The van der Waals surface area contributed by atoms with Crippen molar-refractivity contribution in [3.63, 3.8) is 0 Å². The minimum atomic E-state index is -0.919. The highest BCUT2D eigenvalue weighted by Crippen LogP contribution is 2.27. The van der Waals surface area contributed by atoms with E-state index in [1.807, 2.05) is 12.1 Å². The lowest BCUT2D eigenvalue weighted by Gasteiger charge is -2.42. The number of carbonyl (C=O) groups is 2. The Balaban J connectivity index is 1.50. The maximum Gasteiger partial charge on any atom is 0.307 e. The highest BCUT2D eigenvalue weighted by molar-refractivity contribution is 6.30. The van der Waals surface area contributed by atoms with Crippen LogP contribution in [0.25, 0.3) is 11.1 Å². The predicted molar refractivity (Wildman–Crippen MR) is 136 cm³/mol. The molecule has 0 bridgehead atoms. The Kier molecular flexibility index (Phi) is 8.86. The summed E-state index contributed by atoms with van der Waals surface area (Å²) in [6.07, 6.45) is 2.89. The van der Waals surface area contributed by atoms with Gasteiger partial charge in [-0.3, -0.25) is 19.6 Å². The summed E-state index contributed by atoms with van der Waals surface area (Å²) in [5, 5.41) is 23.1. The standard InChI is InChI=1S/C26H29ClFN5O4/c1-37-15-21-8-9-33(21)14-18(26(35)36)11-20(30-25(34)24-13-29-32-31-24)10-16-2-4-17(5-3-16)22-12-19(27)6-7-23(22)28/h2-7,12-13,18,20-21H,8-11,14-15H2,1H3,(H,30,34)(H,35,36)(H,29,31,32)/t18-,20+,21+/m0/s1. The van der Waals surface area contributed by atoms with Crippen molar-refractivity contribution in [2.75, 3.05) is 26.8 Å². The summed E-state index contributed by atoms with van der Waals surface area (Å²) in [6.45, 7) is 1.74. The fourth-order valence-electron chi connectivity index (χ4n) is 4.58. The normalized spacial score (nSPS) is 17.1. The van der Waals surface area contributed by atoms with Crippen LogP contribution in [0.3, 0.4) is 0 Å². The number of halogens is 2. The summed E-state index contributed by atoms with van der Waals surface area (Å²) in [5.41, 5.74) is 2.11. The van der Waals surface area contributed by atoms with Crippen molar-refractivity contribution >= 4 is 23.5 Å². The molecule has 196 valence electrons. The molecule has 0 aliphatic carbocycles. The van der Waals surface area contributed by atoms with E-state index in [0.29, 0.717) is 35.7 Å². The summed E-state index contributed by atoms with van der Waals surface area (Å²) in [7, 11) is 1.63. The number of aliphatic carboxylic acids is 1. The lowest BCUT2D eigenvalue weighted by atomic mass is 9.91. The number of likely N-dealkylation sites (tertiary alicyclic amines) is 1. The van der Waals surface area contributed by atoms with Crippen molar-refractivity contribution in [3.05, 3.63) is 70.8 Å². The van der Waals surface area contributed by atoms with Crippen LogP contribution in [0.1, 0.15) is 28.9 Å². The van der Waals surface area contributed by atoms with Gasteiger partial charge in [-0.25, -0.2) is 4.39 Å². The SMILES string of the molecule is COC[C@H]1CCN1C[C@H](C[C@@H](Cc1ccc(-c2cc(Cl)ccc2F)cc1)NC(=O)c1cnn[nH]1)C(=O)O. The zero-order chi connectivity index (χ0) is 26.4. The number of nitrogens with one attached hydrogen (secondary N) is 2. The third-order valence-electron chi connectivity index (χ3n) is 6.67. The lowest BCUT2D eigenvalue weighted by Crippen LogP contribution is -2.53. The van der Waals surface area contributed by atoms with Gasteiger partial charge in [0.05, 0.1) is 18.7 Å². The van der Waals surface area contributed by atoms with Crippen LogP contribution in [0.5, 0.6) is 0 Å². The first kappa shape index (κ1) is 26.7. The number of carboxylic acid groups (broad SMARTS) is 1. The molecule has 1 amide bonds. The lowest BCUT2D eigenvalue weighted by molar-refractivity contribution is -0.144. The van der Waals surface area contributed by atoms with Gasteiger partial charge in [0.2, 0.25) is 0 Å². The second-order valence-electron chi connectivity index (χ2n) is 9.23. The molecule has 37 heavy (non-hydrogen) atoms. The first-order valence-corrected chi connectivity index (χ1v) is 12.4. The Morgan fingerprint density at radius 1 is 1.30 bits per heavy atom. The number of benzene rings is 2. The Morgan fingerprint density at radius 3 is 2.70 bits per heavy atom. The van der Waals surface area contributed by atoms with E-state index in [1.165, 1.54) is 18.3 Å². The van der Waals surface area contributed by atoms with Crippen LogP contribution in [0.2, 0.25) is 5.02 Å². The number of ether oxygens (including phenoxy) is 1. The van der Waals surface area contributed by atoms with Crippen molar-refractivity contribution < 1.29 is 23.8 Å². The van der Waals surface area contributed by atoms with Gasteiger partial charge >= 0.3 is 5.97 Å². The number of rotatable bonds is 12. The average molecular weight is 530 g/mol. The van der Waals surface area contributed by atoms with E-state index in [0.717, 1.165) is 18.5 Å². The molecule has 3 N–H and O–H groups in total. The molecule has 4 rings (SSSR count). The Bertz CT molecular complexity index is 1210. The summed E-state index contributed by atoms with van der Waals surface area (Å²) in [4.78, 5) is 27.0. The van der Waals surface area contributed by atoms with E-state index < -0.39 is 23.8 Å². The topological polar surface area (TPSA) is 120 Å². The fourth-order valence-corrected chi connectivity index (χ4v) is 4.76. The maximum absolute atomic E-state index is 14.3. The number of methoxy groups -OCH3 is 1. The number of amides is 1. The van der Waals surface area contributed by atoms with Gasteiger partial charge in [0.1, 0.15) is 11.5 Å². The van der Waals surface area contributed by atoms with Gasteiger partial charge in [-0.05, 0) is 48.6 Å². The molecule has 3 aromatic rings. The van der Waals surface area contributed by atoms with Crippen molar-refractivity contribution in [2.45, 2.75) is 31.3 Å². The largest absolute Gasteiger partial charge is 0.481 e. The fraction of sp³-hybridized carbons (Fsp3) is 0.385. The molecule has 2 aromatic carbocycles.